The van der Waals surface area contributed by atoms with Crippen molar-refractivity contribution in [3.05, 3.63) is 107 Å². The van der Waals surface area contributed by atoms with Crippen LogP contribution in [0.3, 0.4) is 0 Å². The first-order valence-electron chi connectivity index (χ1n) is 21.7. The molecule has 0 unspecified atom stereocenters. The lowest BCUT2D eigenvalue weighted by atomic mass is 9.55. The van der Waals surface area contributed by atoms with Gasteiger partial charge < -0.3 is 38.7 Å². The summed E-state index contributed by atoms with van der Waals surface area (Å²) < 4.78 is 46.2. The molecule has 6 atom stereocenters. The molecule has 14 heteroatoms. The van der Waals surface area contributed by atoms with Crippen LogP contribution < -0.4 is 14.2 Å². The quantitative estimate of drug-likeness (QED) is 0.0349. The number of amides is 1. The third kappa shape index (κ3) is 11.1. The summed E-state index contributed by atoms with van der Waals surface area (Å²) in [7, 11) is 1.50. The lowest BCUT2D eigenvalue weighted by Crippen LogP contribution is -2.70. The van der Waals surface area contributed by atoms with Gasteiger partial charge in [0.15, 0.2) is 6.29 Å². The van der Waals surface area contributed by atoms with E-state index in [1.165, 1.54) is 19.2 Å². The van der Waals surface area contributed by atoms with Gasteiger partial charge in [0.2, 0.25) is 5.79 Å². The Morgan fingerprint density at radius 2 is 1.75 bits per heavy atom. The van der Waals surface area contributed by atoms with E-state index < -0.39 is 35.3 Å². The van der Waals surface area contributed by atoms with Crippen molar-refractivity contribution < 1.29 is 52.7 Å². The van der Waals surface area contributed by atoms with E-state index in [0.29, 0.717) is 59.0 Å². The molecule has 0 saturated heterocycles. The van der Waals surface area contributed by atoms with E-state index in [0.717, 1.165) is 36.8 Å². The summed E-state index contributed by atoms with van der Waals surface area (Å²) in [6.07, 6.45) is 8.30. The number of halogens is 2. The average molecular weight is 891 g/mol. The predicted molar refractivity (Wildman–Crippen MR) is 238 cm³/mol. The number of nitrogens with zero attached hydrogens (tertiary/aromatic N) is 2. The van der Waals surface area contributed by atoms with E-state index in [2.05, 4.69) is 12.7 Å². The van der Waals surface area contributed by atoms with Crippen LogP contribution in [0.25, 0.3) is 0 Å². The van der Waals surface area contributed by atoms with Crippen molar-refractivity contribution in [2.24, 2.45) is 22.9 Å². The summed E-state index contributed by atoms with van der Waals surface area (Å²) in [6, 6.07) is 15.7. The molecular formula is C49H60ClFN2O10. The van der Waals surface area contributed by atoms with Gasteiger partial charge in [-0.1, -0.05) is 42.3 Å². The summed E-state index contributed by atoms with van der Waals surface area (Å²) >= 11 is 6.07. The molecule has 63 heavy (non-hydrogen) atoms. The Morgan fingerprint density at radius 1 is 1.03 bits per heavy atom. The molecule has 3 aromatic rings. The molecule has 12 nitrogen and oxygen atoms in total. The van der Waals surface area contributed by atoms with Crippen LogP contribution in [-0.2, 0) is 20.9 Å². The van der Waals surface area contributed by atoms with Crippen molar-refractivity contribution in [1.29, 1.82) is 0 Å². The first kappa shape index (κ1) is 47.5. The van der Waals surface area contributed by atoms with Gasteiger partial charge in [0.05, 0.1) is 36.8 Å². The highest BCUT2D eigenvalue weighted by Crippen LogP contribution is 2.62. The Morgan fingerprint density at radius 3 is 2.41 bits per heavy atom. The first-order valence-corrected chi connectivity index (χ1v) is 22.2. The van der Waals surface area contributed by atoms with Crippen LogP contribution in [-0.4, -0.2) is 90.1 Å². The van der Waals surface area contributed by atoms with Gasteiger partial charge in [0.1, 0.15) is 47.1 Å². The number of hydrogen-bond donors (Lipinski definition) is 2. The zero-order chi connectivity index (χ0) is 45.1. The van der Waals surface area contributed by atoms with Crippen molar-refractivity contribution in [2.75, 3.05) is 39.4 Å². The Kier molecular flexibility index (Phi) is 16.3. The fourth-order valence-electron chi connectivity index (χ4n) is 9.21. The smallest absolute Gasteiger partial charge is 0.410 e. The molecule has 0 radical (unpaired) electrons. The molecule has 0 aromatic heterocycles. The molecular weight excluding hydrogens is 831 g/mol. The maximum atomic E-state index is 14.5. The zero-order valence-electron chi connectivity index (χ0n) is 36.6. The number of aliphatic hydroxyl groups is 2. The monoisotopic (exact) mass is 890 g/mol. The van der Waals surface area contributed by atoms with Crippen molar-refractivity contribution in [3.8, 4) is 23.0 Å². The van der Waals surface area contributed by atoms with Gasteiger partial charge >= 0.3 is 6.09 Å². The van der Waals surface area contributed by atoms with Gasteiger partial charge in [0, 0.05) is 37.7 Å². The van der Waals surface area contributed by atoms with E-state index in [-0.39, 0.29) is 63.0 Å². The first-order chi connectivity index (χ1) is 30.4. The van der Waals surface area contributed by atoms with Gasteiger partial charge in [-0.25, -0.2) is 9.18 Å². The van der Waals surface area contributed by atoms with Crippen molar-refractivity contribution >= 4 is 29.7 Å². The van der Waals surface area contributed by atoms with Gasteiger partial charge in [0.25, 0.3) is 0 Å². The third-order valence-electron chi connectivity index (χ3n) is 11.8. The molecule has 340 valence electrons. The number of carbonyl (C=O) groups is 2. The number of unbranched alkanes of at least 4 members (excludes halogenated alkanes) is 2. The van der Waals surface area contributed by atoms with Crippen molar-refractivity contribution in [1.82, 2.24) is 4.90 Å². The zero-order valence-corrected chi connectivity index (χ0v) is 37.4. The second kappa shape index (κ2) is 21.6. The van der Waals surface area contributed by atoms with Crippen molar-refractivity contribution in [2.45, 2.75) is 95.6 Å². The lowest BCUT2D eigenvalue weighted by molar-refractivity contribution is -0.256. The van der Waals surface area contributed by atoms with E-state index in [1.807, 2.05) is 32.9 Å². The number of allylic oxidation sites excluding steroid dienone is 1. The number of carbonyl (C=O) groups excluding carboxylic acids is 2. The maximum absolute atomic E-state index is 14.5. The number of methoxy groups -OCH3 is 1. The van der Waals surface area contributed by atoms with Crippen LogP contribution in [0.15, 0.2) is 90.1 Å². The molecule has 3 aromatic carbocycles. The molecule has 6 rings (SSSR count). The lowest BCUT2D eigenvalue weighted by Gasteiger charge is -2.60. The Balaban J connectivity index is 1.62. The normalized spacial score (nSPS) is 23.1. The highest BCUT2D eigenvalue weighted by Gasteiger charge is 2.65. The molecule has 1 aliphatic heterocycles. The predicted octanol–water partition coefficient (Wildman–Crippen LogP) is 9.75. The van der Waals surface area contributed by atoms with E-state index in [9.17, 15) is 24.2 Å². The Bertz CT molecular complexity index is 2110. The number of alkyl halides is 1. The molecule has 3 aliphatic rings. The average Bonchev–Trinajstić information content (AvgIpc) is 3.27. The number of rotatable bonds is 21. The van der Waals surface area contributed by atoms with Gasteiger partial charge in [-0.15, -0.1) is 18.2 Å². The summed E-state index contributed by atoms with van der Waals surface area (Å²) in [5, 5.41) is 24.8. The van der Waals surface area contributed by atoms with E-state index in [4.69, 9.17) is 45.3 Å². The standard InChI is InChI=1S/C49H60ClFN2O10/c1-6-24-60-49-44(53(47(57)59-25-21-50)30-32-13-15-35(51)16-14-32)29-41(52-63-48(2,3)4)39-27-33(11-7-9-22-54)38(12-8-10-23-55)45(46(39)49)40-28-37(18-20-43(40)62-49)61-36-17-19-42(58-5)34(26-36)31-56/h6,13-20,26-28,31,33,38,44-46,54-55H,1,7-12,21-25,29-30H2,2-5H3/t33-,38+,44-,45+,46+,49+/m0/s1. The Hall–Kier alpha value is -4.95. The number of hydrogen-bond acceptors (Lipinski definition) is 11. The molecule has 2 aliphatic carbocycles. The molecule has 1 saturated carbocycles. The van der Waals surface area contributed by atoms with E-state index in [1.54, 1.807) is 47.4 Å². The fraction of sp³-hybridized carbons (Fsp3) is 0.490. The molecule has 0 bridgehead atoms. The van der Waals surface area contributed by atoms with Crippen molar-refractivity contribution in [3.63, 3.8) is 0 Å². The number of aliphatic hydroxyl groups excluding tert-OH is 2. The minimum absolute atomic E-state index is 0.00347. The summed E-state index contributed by atoms with van der Waals surface area (Å²) in [4.78, 5) is 34.2. The number of fused-ring (bicyclic) bond motifs is 2. The second-order valence-electron chi connectivity index (χ2n) is 17.2. The number of aldehydes is 1. The topological polar surface area (TPSA) is 146 Å². The van der Waals surface area contributed by atoms with E-state index >= 15 is 0 Å². The molecule has 1 amide bonds. The Labute approximate surface area is 374 Å². The highest BCUT2D eigenvalue weighted by atomic mass is 35.5. The highest BCUT2D eigenvalue weighted by molar-refractivity contribution is 6.18. The summed E-state index contributed by atoms with van der Waals surface area (Å²) in [6.45, 7) is 9.84. The molecule has 1 fully saturated rings. The summed E-state index contributed by atoms with van der Waals surface area (Å²) in [5.41, 5.74) is 2.62. The van der Waals surface area contributed by atoms with Gasteiger partial charge in [-0.05, 0) is 118 Å². The number of oxime groups is 1. The van der Waals surface area contributed by atoms with Crippen LogP contribution in [0.1, 0.15) is 93.1 Å². The number of ether oxygens (including phenoxy) is 5. The molecule has 2 N–H and O–H groups in total. The van der Waals surface area contributed by atoms with Gasteiger partial charge in [-0.3, -0.25) is 9.69 Å². The fourth-order valence-corrected chi connectivity index (χ4v) is 9.28. The van der Waals surface area contributed by atoms with Gasteiger partial charge in [-0.2, -0.15) is 0 Å². The van der Waals surface area contributed by atoms with Crippen LogP contribution >= 0.6 is 11.6 Å². The van der Waals surface area contributed by atoms with Crippen LogP contribution in [0.2, 0.25) is 0 Å². The number of benzene rings is 3. The summed E-state index contributed by atoms with van der Waals surface area (Å²) in [5.74, 6) is -1.04. The minimum atomic E-state index is -1.57. The largest absolute Gasteiger partial charge is 0.496 e. The minimum Gasteiger partial charge on any atom is -0.496 e. The van der Waals surface area contributed by atoms with Crippen LogP contribution in [0.4, 0.5) is 9.18 Å². The maximum Gasteiger partial charge on any atom is 0.410 e. The van der Waals surface area contributed by atoms with Crippen LogP contribution in [0, 0.1) is 23.6 Å². The third-order valence-corrected chi connectivity index (χ3v) is 12.0. The molecule has 0 spiro atoms. The van der Waals surface area contributed by atoms with Crippen LogP contribution in [0.5, 0.6) is 23.0 Å². The molecule has 1 heterocycles. The second-order valence-corrected chi connectivity index (χ2v) is 17.5. The SMILES string of the molecule is C=CCO[C@@]12Oc3ccc(Oc4ccc(OC)c(C=O)c4)cc3[C@H]3[C@H](CCCCO)[C@@H](CCCCO)C=C(C(=NOC(C)(C)C)C[C@@H]1N(Cc1ccc(F)cc1)C(=O)OCCCl)[C@H]32.